The van der Waals surface area contributed by atoms with Crippen LogP contribution in [0.1, 0.15) is 42.0 Å². The quantitative estimate of drug-likeness (QED) is 0.638. The Bertz CT molecular complexity index is 679. The van der Waals surface area contributed by atoms with Gasteiger partial charge in [0, 0.05) is 5.56 Å². The average Bonchev–Trinajstić information content (AvgIpc) is 2.92. The van der Waals surface area contributed by atoms with Gasteiger partial charge < -0.3 is 0 Å². The maximum Gasteiger partial charge on any atom is 0.124 e. The highest BCUT2D eigenvalue weighted by atomic mass is 32.1. The van der Waals surface area contributed by atoms with Gasteiger partial charge in [0.15, 0.2) is 0 Å². The van der Waals surface area contributed by atoms with Gasteiger partial charge in [-0.2, -0.15) is 0 Å². The Morgan fingerprint density at radius 2 is 2.05 bits per heavy atom. The SMILES string of the molecule is C=Cc1nc(-c2ccc(/C=C(/C)CC)c(C)c2)sc1C=C. The summed E-state index contributed by atoms with van der Waals surface area (Å²) in [6, 6.07) is 6.51. The third kappa shape index (κ3) is 3.40. The zero-order valence-electron chi connectivity index (χ0n) is 12.9. The van der Waals surface area contributed by atoms with E-state index in [1.54, 1.807) is 17.4 Å². The smallest absolute Gasteiger partial charge is 0.124 e. The van der Waals surface area contributed by atoms with Gasteiger partial charge in [0.1, 0.15) is 5.01 Å². The van der Waals surface area contributed by atoms with E-state index in [0.29, 0.717) is 0 Å². The van der Waals surface area contributed by atoms with Gasteiger partial charge in [0.05, 0.1) is 10.6 Å². The first-order valence-corrected chi connectivity index (χ1v) is 7.94. The van der Waals surface area contributed by atoms with Crippen molar-refractivity contribution in [1.29, 1.82) is 0 Å². The molecule has 0 spiro atoms. The highest BCUT2D eigenvalue weighted by Gasteiger charge is 2.09. The Labute approximate surface area is 131 Å². The molecule has 0 aliphatic heterocycles. The monoisotopic (exact) mass is 295 g/mol. The molecule has 0 amide bonds. The van der Waals surface area contributed by atoms with Gasteiger partial charge in [-0.1, -0.05) is 43.9 Å². The van der Waals surface area contributed by atoms with Crippen molar-refractivity contribution < 1.29 is 0 Å². The predicted octanol–water partition coefficient (Wildman–Crippen LogP) is 6.22. The number of allylic oxidation sites excluding steroid dienone is 1. The minimum atomic E-state index is 0.911. The summed E-state index contributed by atoms with van der Waals surface area (Å²) in [5.41, 5.74) is 6.01. The lowest BCUT2D eigenvalue weighted by atomic mass is 10.0. The molecule has 0 N–H and O–H groups in total. The summed E-state index contributed by atoms with van der Waals surface area (Å²) >= 11 is 1.65. The molecule has 1 aromatic heterocycles. The van der Waals surface area contributed by atoms with Gasteiger partial charge in [0.2, 0.25) is 0 Å². The van der Waals surface area contributed by atoms with Crippen molar-refractivity contribution in [2.24, 2.45) is 0 Å². The van der Waals surface area contributed by atoms with E-state index in [1.165, 1.54) is 16.7 Å². The standard InChI is InChI=1S/C19H21NS/c1-6-13(4)11-15-9-10-16(12-14(15)5)19-20-17(7-2)18(8-3)21-19/h7-12H,2-3,6H2,1,4-5H3/b13-11-. The van der Waals surface area contributed by atoms with Crippen LogP contribution >= 0.6 is 11.3 Å². The summed E-state index contributed by atoms with van der Waals surface area (Å²) < 4.78 is 0. The van der Waals surface area contributed by atoms with E-state index in [2.05, 4.69) is 63.2 Å². The first-order chi connectivity index (χ1) is 10.1. The van der Waals surface area contributed by atoms with E-state index in [-0.39, 0.29) is 0 Å². The molecule has 0 saturated heterocycles. The zero-order valence-corrected chi connectivity index (χ0v) is 13.8. The number of hydrogen-bond donors (Lipinski definition) is 0. The summed E-state index contributed by atoms with van der Waals surface area (Å²) in [7, 11) is 0. The molecule has 1 nitrogen and oxygen atoms in total. The molecular weight excluding hydrogens is 274 g/mol. The summed E-state index contributed by atoms with van der Waals surface area (Å²) in [6.07, 6.45) is 6.96. The largest absolute Gasteiger partial charge is 0.236 e. The lowest BCUT2D eigenvalue weighted by Gasteiger charge is -2.05. The molecule has 0 aliphatic carbocycles. The zero-order chi connectivity index (χ0) is 15.4. The maximum absolute atomic E-state index is 4.63. The topological polar surface area (TPSA) is 12.9 Å². The molecule has 0 unspecified atom stereocenters. The van der Waals surface area contributed by atoms with Crippen molar-refractivity contribution in [3.05, 3.63) is 58.6 Å². The molecule has 2 rings (SSSR count). The van der Waals surface area contributed by atoms with Crippen LogP contribution in [0.25, 0.3) is 28.8 Å². The van der Waals surface area contributed by atoms with Crippen molar-refractivity contribution in [2.75, 3.05) is 0 Å². The Hall–Kier alpha value is -1.93. The molecule has 21 heavy (non-hydrogen) atoms. The van der Waals surface area contributed by atoms with Crippen LogP contribution in [0.4, 0.5) is 0 Å². The average molecular weight is 295 g/mol. The Kier molecular flexibility index (Phi) is 4.92. The van der Waals surface area contributed by atoms with Crippen LogP contribution in [0.5, 0.6) is 0 Å². The van der Waals surface area contributed by atoms with E-state index >= 15 is 0 Å². The van der Waals surface area contributed by atoms with Crippen LogP contribution in [0.15, 0.2) is 36.9 Å². The van der Waals surface area contributed by atoms with Crippen LogP contribution in [0.2, 0.25) is 0 Å². The third-order valence-corrected chi connectivity index (χ3v) is 4.65. The number of aromatic nitrogens is 1. The molecule has 0 saturated carbocycles. The van der Waals surface area contributed by atoms with Gasteiger partial charge >= 0.3 is 0 Å². The molecule has 1 aromatic carbocycles. The van der Waals surface area contributed by atoms with Crippen LogP contribution < -0.4 is 0 Å². The van der Waals surface area contributed by atoms with E-state index in [4.69, 9.17) is 0 Å². The van der Waals surface area contributed by atoms with Gasteiger partial charge in [0.25, 0.3) is 0 Å². The van der Waals surface area contributed by atoms with E-state index < -0.39 is 0 Å². The molecule has 0 fully saturated rings. The fourth-order valence-corrected chi connectivity index (χ4v) is 3.01. The lowest BCUT2D eigenvalue weighted by Crippen LogP contribution is -1.85. The van der Waals surface area contributed by atoms with E-state index in [0.717, 1.165) is 27.6 Å². The molecule has 108 valence electrons. The second-order valence-electron chi connectivity index (χ2n) is 5.09. The summed E-state index contributed by atoms with van der Waals surface area (Å²) in [5, 5.41) is 1.02. The number of benzene rings is 1. The molecule has 0 aliphatic rings. The van der Waals surface area contributed by atoms with Crippen molar-refractivity contribution >= 4 is 29.6 Å². The Morgan fingerprint density at radius 1 is 1.29 bits per heavy atom. The summed E-state index contributed by atoms with van der Waals surface area (Å²) in [6.45, 7) is 14.1. The van der Waals surface area contributed by atoms with Crippen LogP contribution in [0.3, 0.4) is 0 Å². The number of rotatable bonds is 5. The molecule has 0 bridgehead atoms. The second-order valence-corrected chi connectivity index (χ2v) is 6.12. The van der Waals surface area contributed by atoms with Crippen LogP contribution in [-0.2, 0) is 0 Å². The lowest BCUT2D eigenvalue weighted by molar-refractivity contribution is 1.11. The van der Waals surface area contributed by atoms with Crippen molar-refractivity contribution in [3.8, 4) is 10.6 Å². The highest BCUT2D eigenvalue weighted by Crippen LogP contribution is 2.31. The van der Waals surface area contributed by atoms with Gasteiger partial charge in [-0.15, -0.1) is 11.3 Å². The van der Waals surface area contributed by atoms with E-state index in [1.807, 2.05) is 6.08 Å². The summed E-state index contributed by atoms with van der Waals surface area (Å²) in [4.78, 5) is 5.70. The molecule has 2 aromatic rings. The van der Waals surface area contributed by atoms with Crippen LogP contribution in [0, 0.1) is 6.92 Å². The maximum atomic E-state index is 4.63. The Morgan fingerprint density at radius 3 is 2.57 bits per heavy atom. The van der Waals surface area contributed by atoms with Crippen LogP contribution in [-0.4, -0.2) is 4.98 Å². The van der Waals surface area contributed by atoms with Crippen molar-refractivity contribution in [3.63, 3.8) is 0 Å². The Balaban J connectivity index is 2.42. The number of hydrogen-bond acceptors (Lipinski definition) is 2. The molecule has 0 atom stereocenters. The fourth-order valence-electron chi connectivity index (χ4n) is 2.10. The molecule has 2 heteroatoms. The van der Waals surface area contributed by atoms with Gasteiger partial charge in [-0.05, 0) is 49.6 Å². The minimum Gasteiger partial charge on any atom is -0.236 e. The first-order valence-electron chi connectivity index (χ1n) is 7.13. The fraction of sp³-hybridized carbons (Fsp3) is 0.211. The van der Waals surface area contributed by atoms with Crippen molar-refractivity contribution in [1.82, 2.24) is 4.98 Å². The first kappa shape index (κ1) is 15.5. The number of nitrogens with zero attached hydrogens (tertiary/aromatic N) is 1. The van der Waals surface area contributed by atoms with Gasteiger partial charge in [-0.25, -0.2) is 4.98 Å². The van der Waals surface area contributed by atoms with E-state index in [9.17, 15) is 0 Å². The second kappa shape index (κ2) is 6.68. The molecule has 1 heterocycles. The number of aryl methyl sites for hydroxylation is 1. The van der Waals surface area contributed by atoms with Gasteiger partial charge in [-0.3, -0.25) is 0 Å². The van der Waals surface area contributed by atoms with Crippen molar-refractivity contribution in [2.45, 2.75) is 27.2 Å². The third-order valence-electron chi connectivity index (χ3n) is 3.54. The number of thiazole rings is 1. The molecular formula is C19H21NS. The minimum absolute atomic E-state index is 0.911. The highest BCUT2D eigenvalue weighted by molar-refractivity contribution is 7.16. The normalized spacial score (nSPS) is 11.5. The predicted molar refractivity (Wildman–Crippen MR) is 96.4 cm³/mol. The summed E-state index contributed by atoms with van der Waals surface area (Å²) in [5.74, 6) is 0. The molecule has 0 radical (unpaired) electrons.